The summed E-state index contributed by atoms with van der Waals surface area (Å²) in [5.41, 5.74) is 1.66. The molecule has 0 bridgehead atoms. The summed E-state index contributed by atoms with van der Waals surface area (Å²) >= 11 is 1.87. The van der Waals surface area contributed by atoms with E-state index in [2.05, 4.69) is 43.3 Å². The fraction of sp³-hybridized carbons (Fsp3) is 0.529. The van der Waals surface area contributed by atoms with E-state index in [0.29, 0.717) is 5.44 Å². The van der Waals surface area contributed by atoms with Crippen molar-refractivity contribution in [2.75, 3.05) is 6.61 Å². The van der Waals surface area contributed by atoms with E-state index in [1.807, 2.05) is 11.8 Å². The van der Waals surface area contributed by atoms with Gasteiger partial charge in [0.15, 0.2) is 0 Å². The smallest absolute Gasteiger partial charge is 0.111 e. The number of ether oxygens (including phenoxy) is 1. The Hall–Kier alpha value is -0.730. The molecular formula is C17H24OS. The lowest BCUT2D eigenvalue weighted by Crippen LogP contribution is -2.05. The zero-order valence-electron chi connectivity index (χ0n) is 11.8. The number of thioether (sulfide) groups is 1. The minimum absolute atomic E-state index is 0.335. The van der Waals surface area contributed by atoms with Gasteiger partial charge in [0.05, 0.1) is 0 Å². The molecule has 0 radical (unpaired) electrons. The largest absolute Gasteiger partial charge is 0.367 e. The van der Waals surface area contributed by atoms with E-state index in [0.717, 1.165) is 13.0 Å². The monoisotopic (exact) mass is 276 g/mol. The number of unbranched alkanes of at least 4 members (excludes halogenated alkanes) is 4. The minimum Gasteiger partial charge on any atom is -0.367 e. The van der Waals surface area contributed by atoms with Gasteiger partial charge in [-0.25, -0.2) is 0 Å². The van der Waals surface area contributed by atoms with E-state index < -0.39 is 0 Å². The van der Waals surface area contributed by atoms with Gasteiger partial charge in [-0.3, -0.25) is 0 Å². The molecule has 1 heterocycles. The first-order chi connectivity index (χ1) is 9.40. The molecule has 0 saturated carbocycles. The standard InChI is InChI=1S/C17H24OS/c1-2-3-4-5-9-14-18-17-13-12-16(19-17)15-10-7-6-8-11-15/h6-8,10-12,17H,2-5,9,13-14H2,1H3. The number of benzene rings is 1. The predicted octanol–water partition coefficient (Wildman–Crippen LogP) is 5.48. The van der Waals surface area contributed by atoms with Crippen LogP contribution in [0.5, 0.6) is 0 Å². The molecule has 0 amide bonds. The molecule has 1 unspecified atom stereocenters. The molecule has 0 aromatic heterocycles. The summed E-state index contributed by atoms with van der Waals surface area (Å²) in [6, 6.07) is 10.6. The van der Waals surface area contributed by atoms with E-state index in [-0.39, 0.29) is 0 Å². The molecule has 0 aliphatic carbocycles. The SMILES string of the molecule is CCCCCCCOC1CC=C(c2ccccc2)S1. The lowest BCUT2D eigenvalue weighted by atomic mass is 10.2. The molecule has 0 saturated heterocycles. The van der Waals surface area contributed by atoms with Crippen molar-refractivity contribution in [1.82, 2.24) is 0 Å². The summed E-state index contributed by atoms with van der Waals surface area (Å²) in [6.07, 6.45) is 9.89. The second kappa shape index (κ2) is 8.44. The van der Waals surface area contributed by atoms with Crippen LogP contribution in [-0.2, 0) is 4.74 Å². The molecule has 1 aliphatic heterocycles. The maximum atomic E-state index is 5.95. The Morgan fingerprint density at radius 2 is 1.89 bits per heavy atom. The van der Waals surface area contributed by atoms with Crippen molar-refractivity contribution >= 4 is 16.7 Å². The van der Waals surface area contributed by atoms with Gasteiger partial charge in [0, 0.05) is 17.9 Å². The average Bonchev–Trinajstić information content (AvgIpc) is 2.92. The normalized spacial score (nSPS) is 18.6. The Morgan fingerprint density at radius 3 is 2.68 bits per heavy atom. The van der Waals surface area contributed by atoms with E-state index in [4.69, 9.17) is 4.74 Å². The molecule has 1 aromatic rings. The van der Waals surface area contributed by atoms with E-state index in [1.165, 1.54) is 42.6 Å². The first-order valence-electron chi connectivity index (χ1n) is 7.44. The van der Waals surface area contributed by atoms with Gasteiger partial charge in [0.25, 0.3) is 0 Å². The van der Waals surface area contributed by atoms with Crippen molar-refractivity contribution in [3.05, 3.63) is 42.0 Å². The third kappa shape index (κ3) is 5.04. The Kier molecular flexibility index (Phi) is 6.52. The Bertz CT molecular complexity index is 386. The quantitative estimate of drug-likeness (QED) is 0.582. The topological polar surface area (TPSA) is 9.23 Å². The summed E-state index contributed by atoms with van der Waals surface area (Å²) in [7, 11) is 0. The van der Waals surface area contributed by atoms with Gasteiger partial charge in [-0.1, -0.05) is 80.8 Å². The molecule has 0 spiro atoms. The van der Waals surface area contributed by atoms with Gasteiger partial charge in [-0.15, -0.1) is 0 Å². The van der Waals surface area contributed by atoms with Crippen LogP contribution in [0.3, 0.4) is 0 Å². The predicted molar refractivity (Wildman–Crippen MR) is 85.1 cm³/mol. The number of hydrogen-bond donors (Lipinski definition) is 0. The second-order valence-corrected chi connectivity index (χ2v) is 6.20. The van der Waals surface area contributed by atoms with Gasteiger partial charge in [0.2, 0.25) is 0 Å². The highest BCUT2D eigenvalue weighted by molar-refractivity contribution is 8.09. The van der Waals surface area contributed by atoms with Gasteiger partial charge in [0.1, 0.15) is 5.44 Å². The zero-order chi connectivity index (χ0) is 13.3. The molecule has 0 fully saturated rings. The van der Waals surface area contributed by atoms with Gasteiger partial charge in [-0.05, 0) is 12.0 Å². The lowest BCUT2D eigenvalue weighted by Gasteiger charge is -2.11. The maximum absolute atomic E-state index is 5.95. The molecule has 2 heteroatoms. The van der Waals surface area contributed by atoms with Crippen molar-refractivity contribution < 1.29 is 4.74 Å². The summed E-state index contributed by atoms with van der Waals surface area (Å²) in [5, 5.41) is 0. The molecule has 1 atom stereocenters. The maximum Gasteiger partial charge on any atom is 0.111 e. The van der Waals surface area contributed by atoms with Gasteiger partial charge >= 0.3 is 0 Å². The molecule has 1 aliphatic rings. The first kappa shape index (κ1) is 14.7. The molecule has 1 aromatic carbocycles. The van der Waals surface area contributed by atoms with Crippen molar-refractivity contribution in [3.8, 4) is 0 Å². The molecular weight excluding hydrogens is 252 g/mol. The van der Waals surface area contributed by atoms with Crippen molar-refractivity contribution in [2.45, 2.75) is 50.9 Å². The van der Waals surface area contributed by atoms with Crippen LogP contribution in [0.1, 0.15) is 51.0 Å². The summed E-state index contributed by atoms with van der Waals surface area (Å²) in [6.45, 7) is 3.17. The van der Waals surface area contributed by atoms with Crippen LogP contribution in [0, 0.1) is 0 Å². The highest BCUT2D eigenvalue weighted by Gasteiger charge is 2.18. The van der Waals surface area contributed by atoms with Crippen LogP contribution >= 0.6 is 11.8 Å². The molecule has 19 heavy (non-hydrogen) atoms. The Labute approximate surface area is 121 Å². The third-order valence-corrected chi connectivity index (χ3v) is 4.61. The van der Waals surface area contributed by atoms with E-state index in [1.54, 1.807) is 0 Å². The first-order valence-corrected chi connectivity index (χ1v) is 8.32. The van der Waals surface area contributed by atoms with Crippen molar-refractivity contribution in [3.63, 3.8) is 0 Å². The lowest BCUT2D eigenvalue weighted by molar-refractivity contribution is 0.112. The van der Waals surface area contributed by atoms with Crippen LogP contribution in [0.4, 0.5) is 0 Å². The average molecular weight is 276 g/mol. The molecule has 1 nitrogen and oxygen atoms in total. The van der Waals surface area contributed by atoms with Crippen LogP contribution in [-0.4, -0.2) is 12.0 Å². The Balaban J connectivity index is 1.62. The molecule has 2 rings (SSSR count). The highest BCUT2D eigenvalue weighted by Crippen LogP contribution is 2.39. The van der Waals surface area contributed by atoms with Crippen LogP contribution in [0.2, 0.25) is 0 Å². The third-order valence-electron chi connectivity index (χ3n) is 3.36. The summed E-state index contributed by atoms with van der Waals surface area (Å²) in [5.74, 6) is 0. The van der Waals surface area contributed by atoms with Crippen LogP contribution in [0.15, 0.2) is 36.4 Å². The van der Waals surface area contributed by atoms with Crippen molar-refractivity contribution in [1.29, 1.82) is 0 Å². The zero-order valence-corrected chi connectivity index (χ0v) is 12.6. The second-order valence-electron chi connectivity index (χ2n) is 5.00. The molecule has 0 N–H and O–H groups in total. The van der Waals surface area contributed by atoms with Gasteiger partial charge < -0.3 is 4.74 Å². The van der Waals surface area contributed by atoms with E-state index >= 15 is 0 Å². The summed E-state index contributed by atoms with van der Waals surface area (Å²) in [4.78, 5) is 1.37. The van der Waals surface area contributed by atoms with E-state index in [9.17, 15) is 0 Å². The number of rotatable bonds is 8. The fourth-order valence-electron chi connectivity index (χ4n) is 2.25. The summed E-state index contributed by atoms with van der Waals surface area (Å²) < 4.78 is 5.95. The Morgan fingerprint density at radius 1 is 1.11 bits per heavy atom. The van der Waals surface area contributed by atoms with Gasteiger partial charge in [-0.2, -0.15) is 0 Å². The van der Waals surface area contributed by atoms with Crippen LogP contribution < -0.4 is 0 Å². The fourth-order valence-corrected chi connectivity index (χ4v) is 3.36. The molecule has 104 valence electrons. The van der Waals surface area contributed by atoms with Crippen LogP contribution in [0.25, 0.3) is 4.91 Å². The van der Waals surface area contributed by atoms with Crippen molar-refractivity contribution in [2.24, 2.45) is 0 Å². The minimum atomic E-state index is 0.335. The number of hydrogen-bond acceptors (Lipinski definition) is 2. The highest BCUT2D eigenvalue weighted by atomic mass is 32.2.